The van der Waals surface area contributed by atoms with Gasteiger partial charge in [0.1, 0.15) is 0 Å². The smallest absolute Gasteiger partial charge is 0.226 e. The molecule has 0 aliphatic rings. The molecule has 0 saturated carbocycles. The molecule has 0 fully saturated rings. The fourth-order valence-electron chi connectivity index (χ4n) is 1.98. The van der Waals surface area contributed by atoms with E-state index in [0.29, 0.717) is 18.9 Å². The molecule has 1 aromatic carbocycles. The van der Waals surface area contributed by atoms with Crippen LogP contribution in [-0.2, 0) is 20.7 Å². The van der Waals surface area contributed by atoms with Crippen molar-refractivity contribution in [2.24, 2.45) is 0 Å². The van der Waals surface area contributed by atoms with Gasteiger partial charge in [0.25, 0.3) is 0 Å². The summed E-state index contributed by atoms with van der Waals surface area (Å²) in [7, 11) is 1.67. The van der Waals surface area contributed by atoms with E-state index in [1.54, 1.807) is 19.2 Å². The highest BCUT2D eigenvalue weighted by Gasteiger charge is 2.14. The summed E-state index contributed by atoms with van der Waals surface area (Å²) in [5.41, 5.74) is 7.18. The van der Waals surface area contributed by atoms with Crippen molar-refractivity contribution in [2.75, 3.05) is 39.1 Å². The second-order valence-electron chi connectivity index (χ2n) is 5.84. The average Bonchev–Trinajstić information content (AvgIpc) is 2.48. The van der Waals surface area contributed by atoms with E-state index in [1.165, 1.54) is 4.90 Å². The molecule has 1 aromatic rings. The minimum atomic E-state index is -0.714. The van der Waals surface area contributed by atoms with E-state index < -0.39 is 6.10 Å². The molecular formula is C17H29ClN2O4. The lowest BCUT2D eigenvalue weighted by molar-refractivity contribution is -0.131. The lowest BCUT2D eigenvalue weighted by Gasteiger charge is -2.21. The number of rotatable bonds is 10. The fraction of sp³-hybridized carbons (Fsp3) is 0.588. The van der Waals surface area contributed by atoms with Gasteiger partial charge in [-0.25, -0.2) is 0 Å². The lowest BCUT2D eigenvalue weighted by atomic mass is 10.1. The Balaban J connectivity index is 0.00000529. The predicted molar refractivity (Wildman–Crippen MR) is 97.4 cm³/mol. The molecule has 0 saturated heterocycles. The van der Waals surface area contributed by atoms with Gasteiger partial charge in [-0.15, -0.1) is 12.4 Å². The number of nitrogen functional groups attached to an aromatic ring is 1. The monoisotopic (exact) mass is 360 g/mol. The van der Waals surface area contributed by atoms with Gasteiger partial charge in [-0.05, 0) is 31.5 Å². The number of ether oxygens (including phenoxy) is 2. The van der Waals surface area contributed by atoms with Crippen LogP contribution < -0.4 is 5.73 Å². The fourth-order valence-corrected chi connectivity index (χ4v) is 1.98. The molecule has 0 aromatic heterocycles. The van der Waals surface area contributed by atoms with Gasteiger partial charge in [0, 0.05) is 19.3 Å². The van der Waals surface area contributed by atoms with Crippen LogP contribution in [0.3, 0.4) is 0 Å². The SMILES string of the molecule is CC(C)OCCOCC(O)CN(C)C(=O)Cc1ccc(N)cc1.Cl. The van der Waals surface area contributed by atoms with Gasteiger partial charge >= 0.3 is 0 Å². The third-order valence-corrected chi connectivity index (χ3v) is 3.23. The van der Waals surface area contributed by atoms with Crippen LogP contribution in [0.4, 0.5) is 5.69 Å². The first kappa shape index (κ1) is 22.7. The molecular weight excluding hydrogens is 332 g/mol. The third-order valence-electron chi connectivity index (χ3n) is 3.23. The van der Waals surface area contributed by atoms with Gasteiger partial charge in [0.15, 0.2) is 0 Å². The van der Waals surface area contributed by atoms with Crippen LogP contribution in [0.15, 0.2) is 24.3 Å². The van der Waals surface area contributed by atoms with E-state index in [2.05, 4.69) is 0 Å². The van der Waals surface area contributed by atoms with Crippen LogP contribution in [0.5, 0.6) is 0 Å². The van der Waals surface area contributed by atoms with Crippen molar-refractivity contribution in [1.29, 1.82) is 0 Å². The number of benzene rings is 1. The maximum absolute atomic E-state index is 12.1. The normalized spacial score (nSPS) is 11.9. The van der Waals surface area contributed by atoms with Crippen molar-refractivity contribution in [3.05, 3.63) is 29.8 Å². The molecule has 0 aliphatic carbocycles. The van der Waals surface area contributed by atoms with Crippen molar-refractivity contribution in [1.82, 2.24) is 4.90 Å². The summed E-state index contributed by atoms with van der Waals surface area (Å²) in [6.07, 6.45) is -0.262. The van der Waals surface area contributed by atoms with Gasteiger partial charge in [0.05, 0.1) is 38.4 Å². The Morgan fingerprint density at radius 1 is 1.25 bits per heavy atom. The highest BCUT2D eigenvalue weighted by atomic mass is 35.5. The van der Waals surface area contributed by atoms with Crippen LogP contribution in [0.1, 0.15) is 19.4 Å². The zero-order chi connectivity index (χ0) is 17.2. The molecule has 1 rings (SSSR count). The standard InChI is InChI=1S/C17H28N2O4.ClH/c1-13(2)23-9-8-22-12-16(20)11-19(3)17(21)10-14-4-6-15(18)7-5-14;/h4-7,13,16,20H,8-12,18H2,1-3H3;1H. The van der Waals surface area contributed by atoms with Crippen molar-refractivity contribution in [3.8, 4) is 0 Å². The van der Waals surface area contributed by atoms with Crippen LogP contribution in [0.2, 0.25) is 0 Å². The number of hydrogen-bond donors (Lipinski definition) is 2. The van der Waals surface area contributed by atoms with E-state index >= 15 is 0 Å². The Morgan fingerprint density at radius 3 is 2.46 bits per heavy atom. The molecule has 1 atom stereocenters. The molecule has 1 amide bonds. The summed E-state index contributed by atoms with van der Waals surface area (Å²) < 4.78 is 10.7. The number of halogens is 1. The van der Waals surface area contributed by atoms with Crippen molar-refractivity contribution in [3.63, 3.8) is 0 Å². The first-order valence-corrected chi connectivity index (χ1v) is 7.84. The maximum atomic E-state index is 12.1. The third kappa shape index (κ3) is 9.72. The largest absolute Gasteiger partial charge is 0.399 e. The predicted octanol–water partition coefficient (Wildman–Crippen LogP) is 1.49. The molecule has 0 bridgehead atoms. The minimum absolute atomic E-state index is 0. The maximum Gasteiger partial charge on any atom is 0.226 e. The van der Waals surface area contributed by atoms with E-state index in [9.17, 15) is 9.90 Å². The zero-order valence-corrected chi connectivity index (χ0v) is 15.4. The van der Waals surface area contributed by atoms with E-state index in [-0.39, 0.29) is 44.0 Å². The van der Waals surface area contributed by atoms with Gasteiger partial charge < -0.3 is 25.2 Å². The van der Waals surface area contributed by atoms with Gasteiger partial charge in [0.2, 0.25) is 5.91 Å². The van der Waals surface area contributed by atoms with Crippen LogP contribution in [0.25, 0.3) is 0 Å². The molecule has 6 nitrogen and oxygen atoms in total. The molecule has 1 unspecified atom stereocenters. The first-order valence-electron chi connectivity index (χ1n) is 7.84. The molecule has 3 N–H and O–H groups in total. The number of anilines is 1. The van der Waals surface area contributed by atoms with Gasteiger partial charge in [-0.3, -0.25) is 4.79 Å². The minimum Gasteiger partial charge on any atom is -0.399 e. The van der Waals surface area contributed by atoms with Crippen LogP contribution in [-0.4, -0.2) is 61.5 Å². The molecule has 138 valence electrons. The Hall–Kier alpha value is -1.34. The Bertz CT molecular complexity index is 468. The van der Waals surface area contributed by atoms with Crippen molar-refractivity contribution < 1.29 is 19.4 Å². The van der Waals surface area contributed by atoms with Gasteiger partial charge in [-0.2, -0.15) is 0 Å². The number of carbonyl (C=O) groups is 1. The molecule has 24 heavy (non-hydrogen) atoms. The summed E-state index contributed by atoms with van der Waals surface area (Å²) in [4.78, 5) is 13.6. The van der Waals surface area contributed by atoms with E-state index in [0.717, 1.165) is 5.56 Å². The number of amides is 1. The number of likely N-dealkylation sites (N-methyl/N-ethyl adjacent to an activating group) is 1. The molecule has 0 spiro atoms. The average molecular weight is 361 g/mol. The number of nitrogens with two attached hydrogens (primary N) is 1. The summed E-state index contributed by atoms with van der Waals surface area (Å²) in [6, 6.07) is 7.19. The Kier molecular flexibility index (Phi) is 11.4. The van der Waals surface area contributed by atoms with Crippen LogP contribution in [0, 0.1) is 0 Å². The highest BCUT2D eigenvalue weighted by Crippen LogP contribution is 2.07. The topological polar surface area (TPSA) is 85.0 Å². The summed E-state index contributed by atoms with van der Waals surface area (Å²) in [5.74, 6) is -0.0584. The molecule has 0 radical (unpaired) electrons. The lowest BCUT2D eigenvalue weighted by Crippen LogP contribution is -2.37. The highest BCUT2D eigenvalue weighted by molar-refractivity contribution is 5.85. The van der Waals surface area contributed by atoms with Crippen molar-refractivity contribution >= 4 is 24.0 Å². The van der Waals surface area contributed by atoms with Crippen molar-refractivity contribution in [2.45, 2.75) is 32.5 Å². The number of hydrogen-bond acceptors (Lipinski definition) is 5. The van der Waals surface area contributed by atoms with E-state index in [4.69, 9.17) is 15.2 Å². The Labute approximate surface area is 150 Å². The number of carbonyl (C=O) groups excluding carboxylic acids is 1. The quantitative estimate of drug-likeness (QED) is 0.488. The first-order chi connectivity index (χ1) is 10.9. The summed E-state index contributed by atoms with van der Waals surface area (Å²) in [6.45, 7) is 5.25. The summed E-state index contributed by atoms with van der Waals surface area (Å²) in [5, 5.41) is 9.90. The molecule has 0 heterocycles. The second-order valence-corrected chi connectivity index (χ2v) is 5.84. The zero-order valence-electron chi connectivity index (χ0n) is 14.6. The number of aliphatic hydroxyl groups is 1. The van der Waals surface area contributed by atoms with E-state index in [1.807, 2.05) is 26.0 Å². The second kappa shape index (κ2) is 12.1. The number of aliphatic hydroxyl groups excluding tert-OH is 1. The van der Waals surface area contributed by atoms with Gasteiger partial charge in [-0.1, -0.05) is 12.1 Å². The molecule has 0 aliphatic heterocycles. The Morgan fingerprint density at radius 2 is 1.88 bits per heavy atom. The molecule has 7 heteroatoms. The summed E-state index contributed by atoms with van der Waals surface area (Å²) >= 11 is 0. The number of nitrogens with zero attached hydrogens (tertiary/aromatic N) is 1. The van der Waals surface area contributed by atoms with Crippen LogP contribution >= 0.6 is 12.4 Å².